The lowest BCUT2D eigenvalue weighted by molar-refractivity contribution is 0.660. The fourth-order valence-electron chi connectivity index (χ4n) is 5.95. The van der Waals surface area contributed by atoms with Crippen LogP contribution in [0.3, 0.4) is 0 Å². The molecule has 0 radical (unpaired) electrons. The summed E-state index contributed by atoms with van der Waals surface area (Å²) >= 11 is 0. The van der Waals surface area contributed by atoms with Crippen LogP contribution in [0, 0.1) is 0 Å². The summed E-state index contributed by atoms with van der Waals surface area (Å²) in [6, 6.07) is 39.9. The topological polar surface area (TPSA) is 12.0 Å². The Morgan fingerprint density at radius 2 is 0.941 bits per heavy atom. The van der Waals surface area contributed by atoms with Crippen LogP contribution in [0.5, 0.6) is 0 Å². The Kier molecular flexibility index (Phi) is 3.96. The lowest BCUT2D eigenvalue weighted by atomic mass is 9.82. The van der Waals surface area contributed by atoms with E-state index in [0.29, 0.717) is 0 Å². The maximum atomic E-state index is 3.70. The third kappa shape index (κ3) is 2.67. The van der Waals surface area contributed by atoms with Crippen molar-refractivity contribution in [3.05, 3.63) is 120 Å². The average Bonchev–Trinajstić information content (AvgIpc) is 3.11. The fraction of sp³-hybridized carbons (Fsp3) is 0.0909. The molecule has 0 saturated carbocycles. The van der Waals surface area contributed by atoms with Gasteiger partial charge < -0.3 is 5.32 Å². The third-order valence-electron chi connectivity index (χ3n) is 7.62. The standard InChI is InChI=1S/C33H25N/c1-33(2)31-14-8-7-13-28(31)30-20-22(16-18-32(30)33)34-21-15-17-27-25-11-4-3-9-23(25)24-10-5-6-12-26(24)29(27)19-21/h3-20,34H,1-2H3. The van der Waals surface area contributed by atoms with Crippen LogP contribution >= 0.6 is 0 Å². The summed E-state index contributed by atoms with van der Waals surface area (Å²) in [7, 11) is 0. The van der Waals surface area contributed by atoms with E-state index in [1.807, 2.05) is 0 Å². The highest BCUT2D eigenvalue weighted by atomic mass is 14.9. The van der Waals surface area contributed by atoms with Crippen molar-refractivity contribution in [3.63, 3.8) is 0 Å². The van der Waals surface area contributed by atoms with E-state index in [1.165, 1.54) is 54.6 Å². The molecule has 162 valence electrons. The van der Waals surface area contributed by atoms with Crippen LogP contribution in [0.2, 0.25) is 0 Å². The summed E-state index contributed by atoms with van der Waals surface area (Å²) in [6.45, 7) is 4.65. The van der Waals surface area contributed by atoms with Gasteiger partial charge in [0.25, 0.3) is 0 Å². The first-order valence-corrected chi connectivity index (χ1v) is 12.0. The van der Waals surface area contributed by atoms with Crippen LogP contribution in [-0.4, -0.2) is 0 Å². The van der Waals surface area contributed by atoms with Gasteiger partial charge in [-0.05, 0) is 78.8 Å². The summed E-state index contributed by atoms with van der Waals surface area (Å²) in [5.74, 6) is 0. The fourth-order valence-corrected chi connectivity index (χ4v) is 5.95. The Hall–Kier alpha value is -4.10. The smallest absolute Gasteiger partial charge is 0.0390 e. The van der Waals surface area contributed by atoms with Crippen molar-refractivity contribution in [1.29, 1.82) is 0 Å². The van der Waals surface area contributed by atoms with Crippen molar-refractivity contribution >= 4 is 43.7 Å². The summed E-state index contributed by atoms with van der Waals surface area (Å²) in [6.07, 6.45) is 0. The highest BCUT2D eigenvalue weighted by Gasteiger charge is 2.34. The van der Waals surface area contributed by atoms with Crippen molar-refractivity contribution < 1.29 is 0 Å². The monoisotopic (exact) mass is 435 g/mol. The summed E-state index contributed by atoms with van der Waals surface area (Å²) in [5, 5.41) is 11.5. The molecular weight excluding hydrogens is 410 g/mol. The van der Waals surface area contributed by atoms with Gasteiger partial charge in [0.15, 0.2) is 0 Å². The number of fused-ring (bicyclic) bond motifs is 9. The molecule has 34 heavy (non-hydrogen) atoms. The van der Waals surface area contributed by atoms with E-state index in [4.69, 9.17) is 0 Å². The minimum absolute atomic E-state index is 0.0351. The van der Waals surface area contributed by atoms with Gasteiger partial charge in [0.1, 0.15) is 0 Å². The van der Waals surface area contributed by atoms with E-state index in [0.717, 1.165) is 11.4 Å². The van der Waals surface area contributed by atoms with Crippen LogP contribution < -0.4 is 5.32 Å². The minimum atomic E-state index is 0.0351. The van der Waals surface area contributed by atoms with E-state index in [1.54, 1.807) is 0 Å². The molecule has 6 aromatic rings. The van der Waals surface area contributed by atoms with Crippen molar-refractivity contribution in [2.45, 2.75) is 19.3 Å². The van der Waals surface area contributed by atoms with E-state index < -0.39 is 0 Å². The summed E-state index contributed by atoms with van der Waals surface area (Å²) < 4.78 is 0. The molecule has 0 unspecified atom stereocenters. The van der Waals surface area contributed by atoms with E-state index in [2.05, 4.69) is 128 Å². The second-order valence-electron chi connectivity index (χ2n) is 9.91. The minimum Gasteiger partial charge on any atom is -0.355 e. The largest absolute Gasteiger partial charge is 0.355 e. The number of rotatable bonds is 2. The Morgan fingerprint density at radius 3 is 1.65 bits per heavy atom. The molecule has 0 aromatic heterocycles. The lowest BCUT2D eigenvalue weighted by Gasteiger charge is -2.21. The number of benzene rings is 6. The Bertz CT molecular complexity index is 1720. The second-order valence-corrected chi connectivity index (χ2v) is 9.91. The average molecular weight is 436 g/mol. The molecule has 6 aromatic carbocycles. The number of anilines is 2. The highest BCUT2D eigenvalue weighted by Crippen LogP contribution is 2.49. The number of nitrogens with one attached hydrogen (secondary N) is 1. The van der Waals surface area contributed by atoms with Crippen LogP contribution in [0.15, 0.2) is 109 Å². The molecule has 0 spiro atoms. The molecule has 0 aliphatic heterocycles. The molecule has 0 saturated heterocycles. The van der Waals surface area contributed by atoms with Gasteiger partial charge in [-0.25, -0.2) is 0 Å². The third-order valence-corrected chi connectivity index (χ3v) is 7.62. The first-order valence-electron chi connectivity index (χ1n) is 12.0. The first-order chi connectivity index (χ1) is 16.6. The van der Waals surface area contributed by atoms with Gasteiger partial charge in [0, 0.05) is 16.8 Å². The molecule has 0 fully saturated rings. The Labute approximate surface area is 199 Å². The van der Waals surface area contributed by atoms with Crippen molar-refractivity contribution in [3.8, 4) is 11.1 Å². The zero-order chi connectivity index (χ0) is 22.9. The first kappa shape index (κ1) is 19.4. The lowest BCUT2D eigenvalue weighted by Crippen LogP contribution is -2.14. The molecule has 1 heteroatoms. The van der Waals surface area contributed by atoms with E-state index in [-0.39, 0.29) is 5.41 Å². The van der Waals surface area contributed by atoms with Crippen LogP contribution in [0.25, 0.3) is 43.4 Å². The maximum Gasteiger partial charge on any atom is 0.0390 e. The van der Waals surface area contributed by atoms with Gasteiger partial charge in [0.05, 0.1) is 0 Å². The molecule has 0 amide bonds. The van der Waals surface area contributed by atoms with Gasteiger partial charge in [-0.3, -0.25) is 0 Å². The second kappa shape index (κ2) is 6.95. The Balaban J connectivity index is 1.37. The van der Waals surface area contributed by atoms with Gasteiger partial charge in [-0.2, -0.15) is 0 Å². The van der Waals surface area contributed by atoms with Gasteiger partial charge >= 0.3 is 0 Å². The van der Waals surface area contributed by atoms with Crippen molar-refractivity contribution in [2.24, 2.45) is 0 Å². The van der Waals surface area contributed by atoms with Crippen LogP contribution in [0.4, 0.5) is 11.4 Å². The molecule has 1 nitrogen and oxygen atoms in total. The van der Waals surface area contributed by atoms with Crippen molar-refractivity contribution in [2.75, 3.05) is 5.32 Å². The van der Waals surface area contributed by atoms with Gasteiger partial charge in [0.2, 0.25) is 0 Å². The van der Waals surface area contributed by atoms with Gasteiger partial charge in [-0.1, -0.05) is 98.8 Å². The van der Waals surface area contributed by atoms with Crippen LogP contribution in [0.1, 0.15) is 25.0 Å². The zero-order valence-corrected chi connectivity index (χ0v) is 19.4. The van der Waals surface area contributed by atoms with Crippen LogP contribution in [-0.2, 0) is 5.41 Å². The number of hydrogen-bond acceptors (Lipinski definition) is 1. The SMILES string of the molecule is CC1(C)c2ccccc2-c2cc(Nc3ccc4c5ccccc5c5ccccc5c4c3)ccc21. The normalized spacial score (nSPS) is 13.8. The molecule has 1 aliphatic carbocycles. The maximum absolute atomic E-state index is 3.70. The zero-order valence-electron chi connectivity index (χ0n) is 19.4. The molecule has 0 heterocycles. The predicted octanol–water partition coefficient (Wildman–Crippen LogP) is 9.20. The van der Waals surface area contributed by atoms with E-state index in [9.17, 15) is 0 Å². The van der Waals surface area contributed by atoms with Crippen molar-refractivity contribution in [1.82, 2.24) is 0 Å². The summed E-state index contributed by atoms with van der Waals surface area (Å²) in [5.41, 5.74) is 7.76. The molecule has 0 bridgehead atoms. The molecular formula is C33H25N. The molecule has 0 atom stereocenters. The van der Waals surface area contributed by atoms with E-state index >= 15 is 0 Å². The molecule has 1 aliphatic rings. The Morgan fingerprint density at radius 1 is 0.441 bits per heavy atom. The van der Waals surface area contributed by atoms with Gasteiger partial charge in [-0.15, -0.1) is 0 Å². The summed E-state index contributed by atoms with van der Waals surface area (Å²) in [4.78, 5) is 0. The highest BCUT2D eigenvalue weighted by molar-refractivity contribution is 6.25. The quantitative estimate of drug-likeness (QED) is 0.267. The predicted molar refractivity (Wildman–Crippen MR) is 146 cm³/mol. The molecule has 1 N–H and O–H groups in total. The number of hydrogen-bond donors (Lipinski definition) is 1. The molecule has 7 rings (SSSR count).